The number of nitrogens with one attached hydrogen (secondary N) is 1. The highest BCUT2D eigenvalue weighted by molar-refractivity contribution is 5.30. The second-order valence-electron chi connectivity index (χ2n) is 5.60. The van der Waals surface area contributed by atoms with E-state index in [2.05, 4.69) is 43.4 Å². The third kappa shape index (κ3) is 2.91. The topological polar surface area (TPSA) is 35.8 Å². The molecule has 1 fully saturated rings. The van der Waals surface area contributed by atoms with Gasteiger partial charge in [-0.3, -0.25) is 0 Å². The Morgan fingerprint density at radius 2 is 2.11 bits per heavy atom. The van der Waals surface area contributed by atoms with Crippen LogP contribution < -0.4 is 5.32 Å². The molecule has 1 aliphatic rings. The molecule has 0 saturated heterocycles. The summed E-state index contributed by atoms with van der Waals surface area (Å²) in [5.74, 6) is 0. The minimum absolute atomic E-state index is 0.0533. The zero-order chi connectivity index (χ0) is 13.0. The molecular formula is C16H22N2. The first-order valence-electron chi connectivity index (χ1n) is 6.83. The summed E-state index contributed by atoms with van der Waals surface area (Å²) in [5.41, 5.74) is 4.05. The second kappa shape index (κ2) is 5.54. The molecule has 0 bridgehead atoms. The SMILES string of the molecule is Cc1ccc(CCNCC2(C#N)CCC2)c(C)c1. The number of hydrogen-bond donors (Lipinski definition) is 1. The van der Waals surface area contributed by atoms with Gasteiger partial charge in [-0.1, -0.05) is 30.2 Å². The fourth-order valence-electron chi connectivity index (χ4n) is 2.61. The molecule has 0 radical (unpaired) electrons. The van der Waals surface area contributed by atoms with Gasteiger partial charge in [0.15, 0.2) is 0 Å². The van der Waals surface area contributed by atoms with Crippen LogP contribution in [-0.4, -0.2) is 13.1 Å². The Bertz CT molecular complexity index is 453. The molecule has 2 nitrogen and oxygen atoms in total. The number of hydrogen-bond acceptors (Lipinski definition) is 2. The first-order chi connectivity index (χ1) is 8.65. The normalized spacial score (nSPS) is 16.9. The van der Waals surface area contributed by atoms with E-state index in [1.165, 1.54) is 23.1 Å². The molecule has 1 N–H and O–H groups in total. The lowest BCUT2D eigenvalue weighted by Gasteiger charge is -2.35. The van der Waals surface area contributed by atoms with Gasteiger partial charge in [-0.2, -0.15) is 5.26 Å². The number of aryl methyl sites for hydroxylation is 2. The molecule has 0 aliphatic heterocycles. The van der Waals surface area contributed by atoms with E-state index in [4.69, 9.17) is 5.26 Å². The predicted octanol–water partition coefficient (Wildman–Crippen LogP) is 3.13. The van der Waals surface area contributed by atoms with Crippen molar-refractivity contribution in [2.45, 2.75) is 39.5 Å². The Morgan fingerprint density at radius 1 is 1.33 bits per heavy atom. The Balaban J connectivity index is 1.77. The molecule has 1 saturated carbocycles. The highest BCUT2D eigenvalue weighted by Gasteiger charge is 2.36. The first kappa shape index (κ1) is 13.1. The van der Waals surface area contributed by atoms with Crippen LogP contribution in [0.15, 0.2) is 18.2 Å². The van der Waals surface area contributed by atoms with Crippen LogP contribution in [0.5, 0.6) is 0 Å². The maximum absolute atomic E-state index is 9.14. The van der Waals surface area contributed by atoms with Crippen molar-refractivity contribution in [1.82, 2.24) is 5.32 Å². The van der Waals surface area contributed by atoms with Crippen LogP contribution >= 0.6 is 0 Å². The van der Waals surface area contributed by atoms with Crippen LogP contribution in [0.1, 0.15) is 36.0 Å². The molecule has 2 rings (SSSR count). The number of nitrogens with zero attached hydrogens (tertiary/aromatic N) is 1. The van der Waals surface area contributed by atoms with Gasteiger partial charge in [-0.05, 0) is 50.8 Å². The molecule has 96 valence electrons. The summed E-state index contributed by atoms with van der Waals surface area (Å²) in [6, 6.07) is 9.09. The fraction of sp³-hybridized carbons (Fsp3) is 0.562. The molecule has 0 amide bonds. The van der Waals surface area contributed by atoms with E-state index in [-0.39, 0.29) is 5.41 Å². The van der Waals surface area contributed by atoms with Gasteiger partial charge in [0.05, 0.1) is 11.5 Å². The summed E-state index contributed by atoms with van der Waals surface area (Å²) in [5, 5.41) is 12.6. The zero-order valence-electron chi connectivity index (χ0n) is 11.4. The van der Waals surface area contributed by atoms with Gasteiger partial charge >= 0.3 is 0 Å². The standard InChI is InChI=1S/C16H22N2/c1-13-4-5-15(14(2)10-13)6-9-18-12-16(11-17)7-3-8-16/h4-5,10,18H,3,6-9,12H2,1-2H3. The van der Waals surface area contributed by atoms with Crippen molar-refractivity contribution in [3.63, 3.8) is 0 Å². The summed E-state index contributed by atoms with van der Waals surface area (Å²) < 4.78 is 0. The molecule has 0 unspecified atom stereocenters. The maximum Gasteiger partial charge on any atom is 0.0703 e. The summed E-state index contributed by atoms with van der Waals surface area (Å²) in [7, 11) is 0. The minimum atomic E-state index is -0.0533. The summed E-state index contributed by atoms with van der Waals surface area (Å²) in [6.07, 6.45) is 4.40. The molecule has 1 aromatic carbocycles. The molecule has 18 heavy (non-hydrogen) atoms. The predicted molar refractivity (Wildman–Crippen MR) is 74.4 cm³/mol. The van der Waals surface area contributed by atoms with Crippen molar-refractivity contribution < 1.29 is 0 Å². The van der Waals surface area contributed by atoms with Gasteiger partial charge in [0, 0.05) is 6.54 Å². The maximum atomic E-state index is 9.14. The minimum Gasteiger partial charge on any atom is -0.315 e. The van der Waals surface area contributed by atoms with E-state index in [0.717, 1.165) is 32.4 Å². The Kier molecular flexibility index (Phi) is 4.04. The van der Waals surface area contributed by atoms with Crippen molar-refractivity contribution in [2.75, 3.05) is 13.1 Å². The lowest BCUT2D eigenvalue weighted by molar-refractivity contribution is 0.208. The molecule has 0 aromatic heterocycles. The number of benzene rings is 1. The van der Waals surface area contributed by atoms with Crippen molar-refractivity contribution >= 4 is 0 Å². The van der Waals surface area contributed by atoms with E-state index in [0.29, 0.717) is 0 Å². The molecule has 1 aliphatic carbocycles. The lowest BCUT2D eigenvalue weighted by Crippen LogP contribution is -2.39. The largest absolute Gasteiger partial charge is 0.315 e. The van der Waals surface area contributed by atoms with E-state index < -0.39 is 0 Å². The fourth-order valence-corrected chi connectivity index (χ4v) is 2.61. The van der Waals surface area contributed by atoms with E-state index in [9.17, 15) is 0 Å². The van der Waals surface area contributed by atoms with Crippen LogP contribution in [0.3, 0.4) is 0 Å². The third-order valence-corrected chi connectivity index (χ3v) is 4.08. The molecular weight excluding hydrogens is 220 g/mol. The molecule has 0 spiro atoms. The highest BCUT2D eigenvalue weighted by Crippen LogP contribution is 2.39. The lowest BCUT2D eigenvalue weighted by atomic mass is 9.70. The first-order valence-corrected chi connectivity index (χ1v) is 6.83. The van der Waals surface area contributed by atoms with Crippen LogP contribution in [0, 0.1) is 30.6 Å². The molecule has 1 aromatic rings. The Hall–Kier alpha value is -1.33. The van der Waals surface area contributed by atoms with Crippen LogP contribution in [0.2, 0.25) is 0 Å². The molecule has 2 heteroatoms. The number of rotatable bonds is 5. The van der Waals surface area contributed by atoms with Crippen molar-refractivity contribution in [2.24, 2.45) is 5.41 Å². The van der Waals surface area contributed by atoms with Crippen molar-refractivity contribution in [3.05, 3.63) is 34.9 Å². The summed E-state index contributed by atoms with van der Waals surface area (Å²) in [4.78, 5) is 0. The van der Waals surface area contributed by atoms with E-state index in [1.54, 1.807) is 0 Å². The van der Waals surface area contributed by atoms with Crippen LogP contribution in [-0.2, 0) is 6.42 Å². The van der Waals surface area contributed by atoms with Gasteiger partial charge in [0.1, 0.15) is 0 Å². The Morgan fingerprint density at radius 3 is 2.67 bits per heavy atom. The molecule has 0 atom stereocenters. The Labute approximate surface area is 110 Å². The van der Waals surface area contributed by atoms with Crippen molar-refractivity contribution in [1.29, 1.82) is 5.26 Å². The van der Waals surface area contributed by atoms with Gasteiger partial charge < -0.3 is 5.32 Å². The number of nitriles is 1. The average Bonchev–Trinajstić information content (AvgIpc) is 2.29. The summed E-state index contributed by atoms with van der Waals surface area (Å²) in [6.45, 7) is 6.12. The third-order valence-electron chi connectivity index (χ3n) is 4.08. The zero-order valence-corrected chi connectivity index (χ0v) is 11.4. The van der Waals surface area contributed by atoms with Gasteiger partial charge in [0.2, 0.25) is 0 Å². The van der Waals surface area contributed by atoms with Gasteiger partial charge in [-0.25, -0.2) is 0 Å². The smallest absolute Gasteiger partial charge is 0.0703 e. The summed E-state index contributed by atoms with van der Waals surface area (Å²) >= 11 is 0. The molecule has 0 heterocycles. The van der Waals surface area contributed by atoms with Crippen molar-refractivity contribution in [3.8, 4) is 6.07 Å². The average molecular weight is 242 g/mol. The van der Waals surface area contributed by atoms with Gasteiger partial charge in [0.25, 0.3) is 0 Å². The quantitative estimate of drug-likeness (QED) is 0.805. The van der Waals surface area contributed by atoms with Crippen LogP contribution in [0.25, 0.3) is 0 Å². The highest BCUT2D eigenvalue weighted by atomic mass is 14.9. The van der Waals surface area contributed by atoms with Gasteiger partial charge in [-0.15, -0.1) is 0 Å². The second-order valence-corrected chi connectivity index (χ2v) is 5.60. The van der Waals surface area contributed by atoms with E-state index >= 15 is 0 Å². The van der Waals surface area contributed by atoms with Crippen LogP contribution in [0.4, 0.5) is 0 Å². The van der Waals surface area contributed by atoms with E-state index in [1.807, 2.05) is 0 Å². The monoisotopic (exact) mass is 242 g/mol.